The molecule has 0 fully saturated rings. The zero-order valence-corrected chi connectivity index (χ0v) is 12.6. The lowest BCUT2D eigenvalue weighted by molar-refractivity contribution is -0.205. The fraction of sp³-hybridized carbons (Fsp3) is 0.769. The van der Waals surface area contributed by atoms with E-state index in [1.54, 1.807) is 20.8 Å². The molecule has 1 atom stereocenters. The first kappa shape index (κ1) is 19.4. The van der Waals surface area contributed by atoms with Gasteiger partial charge in [0.2, 0.25) is 0 Å². The molecule has 0 spiro atoms. The highest BCUT2D eigenvalue weighted by Crippen LogP contribution is 2.29. The summed E-state index contributed by atoms with van der Waals surface area (Å²) in [5.41, 5.74) is -2.87. The molecule has 0 aromatic heterocycles. The lowest BCUT2D eigenvalue weighted by atomic mass is 9.82. The van der Waals surface area contributed by atoms with Crippen molar-refractivity contribution in [3.63, 3.8) is 0 Å². The Balaban J connectivity index is 5.24. The van der Waals surface area contributed by atoms with E-state index in [0.717, 1.165) is 6.92 Å². The minimum atomic E-state index is -5.19. The van der Waals surface area contributed by atoms with Crippen molar-refractivity contribution in [1.29, 1.82) is 0 Å². The molecule has 0 heterocycles. The van der Waals surface area contributed by atoms with Crippen LogP contribution in [0.15, 0.2) is 0 Å². The molecule has 0 rings (SSSR count). The Morgan fingerprint density at radius 3 is 1.76 bits per heavy atom. The Morgan fingerprint density at radius 1 is 1.00 bits per heavy atom. The van der Waals surface area contributed by atoms with Gasteiger partial charge in [-0.15, -0.1) is 0 Å². The lowest BCUT2D eigenvalue weighted by Crippen LogP contribution is -2.46. The summed E-state index contributed by atoms with van der Waals surface area (Å²) in [5, 5.41) is 0. The van der Waals surface area contributed by atoms with Crippen molar-refractivity contribution < 1.29 is 37.0 Å². The average Bonchev–Trinajstić information content (AvgIpc) is 2.25. The molecule has 0 aliphatic rings. The van der Waals surface area contributed by atoms with E-state index in [1.165, 1.54) is 6.92 Å². The third-order valence-corrected chi connectivity index (χ3v) is 2.75. The molecule has 0 aliphatic heterocycles. The third-order valence-electron chi connectivity index (χ3n) is 2.75. The Bertz CT molecular complexity index is 423. The van der Waals surface area contributed by atoms with Crippen LogP contribution in [0.25, 0.3) is 0 Å². The minimum Gasteiger partial charge on any atom is -0.459 e. The quantitative estimate of drug-likeness (QED) is 0.576. The molecule has 0 radical (unpaired) electrons. The minimum absolute atomic E-state index is 0.150. The Hall–Kier alpha value is -1.60. The molecule has 0 N–H and O–H groups in total. The molecule has 5 nitrogen and oxygen atoms in total. The van der Waals surface area contributed by atoms with Crippen LogP contribution < -0.4 is 0 Å². The number of hydrogen-bond acceptors (Lipinski definition) is 5. The number of rotatable bonds is 5. The summed E-state index contributed by atoms with van der Waals surface area (Å²) >= 11 is 0. The number of Topliss-reactive ketones (excluding diaryl/α,β-unsaturated/α-hetero) is 1. The fourth-order valence-electron chi connectivity index (χ4n) is 1.45. The van der Waals surface area contributed by atoms with E-state index in [9.17, 15) is 27.6 Å². The maximum absolute atomic E-state index is 12.1. The van der Waals surface area contributed by atoms with Crippen molar-refractivity contribution in [1.82, 2.24) is 0 Å². The van der Waals surface area contributed by atoms with Gasteiger partial charge in [-0.3, -0.25) is 9.59 Å². The van der Waals surface area contributed by atoms with Gasteiger partial charge in [-0.25, -0.2) is 4.79 Å². The zero-order valence-electron chi connectivity index (χ0n) is 12.6. The topological polar surface area (TPSA) is 69.7 Å². The highest BCUT2D eigenvalue weighted by Gasteiger charge is 2.49. The third kappa shape index (κ3) is 5.35. The highest BCUT2D eigenvalue weighted by atomic mass is 19.4. The number of hydrogen-bond donors (Lipinski definition) is 0. The van der Waals surface area contributed by atoms with Gasteiger partial charge >= 0.3 is 18.1 Å². The number of ether oxygens (including phenoxy) is 2. The monoisotopic (exact) mass is 312 g/mol. The molecule has 0 aromatic rings. The van der Waals surface area contributed by atoms with Gasteiger partial charge in [-0.05, 0) is 34.1 Å². The molecular formula is C13H19F3O5. The number of ketones is 1. The van der Waals surface area contributed by atoms with Crippen LogP contribution in [-0.4, -0.2) is 36.1 Å². The van der Waals surface area contributed by atoms with Crippen molar-refractivity contribution >= 4 is 17.7 Å². The van der Waals surface area contributed by atoms with Crippen LogP contribution in [0.3, 0.4) is 0 Å². The van der Waals surface area contributed by atoms with Gasteiger partial charge in [0.15, 0.2) is 11.2 Å². The second kappa shape index (κ2) is 6.44. The highest BCUT2D eigenvalue weighted by molar-refractivity contribution is 6.03. The standard InChI is InChI=1S/C13H19F3O5/c1-6-12(8(2)17,9(18)21-11(3,4)5)7-20-10(19)13(14,15)16/h6-7H2,1-5H3. The predicted octanol–water partition coefficient (Wildman–Crippen LogP) is 2.42. The predicted molar refractivity (Wildman–Crippen MR) is 66.3 cm³/mol. The van der Waals surface area contributed by atoms with Crippen molar-refractivity contribution in [3.8, 4) is 0 Å². The number of alkyl halides is 3. The summed E-state index contributed by atoms with van der Waals surface area (Å²) in [6, 6.07) is 0. The van der Waals surface area contributed by atoms with Crippen molar-refractivity contribution in [2.24, 2.45) is 5.41 Å². The number of halogens is 3. The van der Waals surface area contributed by atoms with Crippen LogP contribution >= 0.6 is 0 Å². The first-order valence-corrected chi connectivity index (χ1v) is 6.24. The van der Waals surface area contributed by atoms with Crippen LogP contribution in [0.5, 0.6) is 0 Å². The molecule has 21 heavy (non-hydrogen) atoms. The van der Waals surface area contributed by atoms with E-state index in [0.29, 0.717) is 0 Å². The van der Waals surface area contributed by atoms with E-state index >= 15 is 0 Å². The van der Waals surface area contributed by atoms with Gasteiger partial charge < -0.3 is 9.47 Å². The SMILES string of the molecule is CCC(COC(=O)C(F)(F)F)(C(C)=O)C(=O)OC(C)(C)C. The van der Waals surface area contributed by atoms with Crippen LogP contribution in [0.1, 0.15) is 41.0 Å². The molecule has 0 aromatic carbocycles. The van der Waals surface area contributed by atoms with Crippen molar-refractivity contribution in [3.05, 3.63) is 0 Å². The lowest BCUT2D eigenvalue weighted by Gasteiger charge is -2.31. The smallest absolute Gasteiger partial charge is 0.459 e. The number of carbonyl (C=O) groups is 3. The molecule has 8 heteroatoms. The number of esters is 2. The summed E-state index contributed by atoms with van der Waals surface area (Å²) in [6.45, 7) is 6.10. The summed E-state index contributed by atoms with van der Waals surface area (Å²) < 4.78 is 45.5. The van der Waals surface area contributed by atoms with Gasteiger partial charge in [0.05, 0.1) is 0 Å². The summed E-state index contributed by atoms with van der Waals surface area (Å²) in [4.78, 5) is 34.6. The van der Waals surface area contributed by atoms with Crippen LogP contribution in [0, 0.1) is 5.41 Å². The van der Waals surface area contributed by atoms with Crippen LogP contribution in [0.2, 0.25) is 0 Å². The summed E-state index contributed by atoms with van der Waals surface area (Å²) in [6.07, 6.45) is -5.34. The average molecular weight is 312 g/mol. The first-order valence-electron chi connectivity index (χ1n) is 6.24. The second-order valence-corrected chi connectivity index (χ2v) is 5.57. The van der Waals surface area contributed by atoms with E-state index in [1.807, 2.05) is 0 Å². The molecule has 0 amide bonds. The maximum atomic E-state index is 12.1. The maximum Gasteiger partial charge on any atom is 0.490 e. The van der Waals surface area contributed by atoms with Gasteiger partial charge in [-0.2, -0.15) is 13.2 Å². The summed E-state index contributed by atoms with van der Waals surface area (Å²) in [7, 11) is 0. The molecule has 122 valence electrons. The molecular weight excluding hydrogens is 293 g/mol. The Kier molecular flexibility index (Phi) is 5.95. The van der Waals surface area contributed by atoms with Gasteiger partial charge in [0.1, 0.15) is 12.2 Å². The first-order chi connectivity index (χ1) is 9.26. The van der Waals surface area contributed by atoms with E-state index in [-0.39, 0.29) is 6.42 Å². The van der Waals surface area contributed by atoms with E-state index < -0.39 is 41.5 Å². The largest absolute Gasteiger partial charge is 0.490 e. The van der Waals surface area contributed by atoms with Crippen molar-refractivity contribution in [2.75, 3.05) is 6.61 Å². The number of carbonyl (C=O) groups excluding carboxylic acids is 3. The Morgan fingerprint density at radius 2 is 1.48 bits per heavy atom. The second-order valence-electron chi connectivity index (χ2n) is 5.57. The van der Waals surface area contributed by atoms with E-state index in [2.05, 4.69) is 4.74 Å². The normalized spacial score (nSPS) is 15.0. The molecule has 0 bridgehead atoms. The molecule has 0 saturated carbocycles. The van der Waals surface area contributed by atoms with Crippen LogP contribution in [-0.2, 0) is 23.9 Å². The van der Waals surface area contributed by atoms with Gasteiger partial charge in [0.25, 0.3) is 0 Å². The molecule has 1 unspecified atom stereocenters. The summed E-state index contributed by atoms with van der Waals surface area (Å²) in [5.74, 6) is -4.20. The zero-order chi connectivity index (χ0) is 17.1. The van der Waals surface area contributed by atoms with Gasteiger partial charge in [-0.1, -0.05) is 6.92 Å². The molecule has 0 aliphatic carbocycles. The van der Waals surface area contributed by atoms with E-state index in [4.69, 9.17) is 4.74 Å². The van der Waals surface area contributed by atoms with Gasteiger partial charge in [0, 0.05) is 0 Å². The fourth-order valence-corrected chi connectivity index (χ4v) is 1.45. The molecule has 0 saturated heterocycles. The van der Waals surface area contributed by atoms with Crippen LogP contribution in [0.4, 0.5) is 13.2 Å². The van der Waals surface area contributed by atoms with Crippen molar-refractivity contribution in [2.45, 2.75) is 52.8 Å². The Labute approximate surface area is 120 Å².